The van der Waals surface area contributed by atoms with Gasteiger partial charge in [-0.25, -0.2) is 0 Å². The van der Waals surface area contributed by atoms with Crippen LogP contribution in [0.4, 0.5) is 13.2 Å². The maximum atomic E-state index is 12.8. The lowest BCUT2D eigenvalue weighted by Crippen LogP contribution is -2.09. The number of rotatable bonds is 4. The monoisotopic (exact) mass is 333 g/mol. The van der Waals surface area contributed by atoms with Crippen LogP contribution in [0, 0.1) is 5.41 Å². The first-order valence-electron chi connectivity index (χ1n) is 5.85. The molecule has 0 amide bonds. The molecule has 3 nitrogen and oxygen atoms in total. The molecule has 0 radical (unpaired) electrons. The van der Waals surface area contributed by atoms with Crippen molar-refractivity contribution in [1.29, 1.82) is 5.41 Å². The molecule has 1 N–H and O–H groups in total. The van der Waals surface area contributed by atoms with Crippen molar-refractivity contribution in [2.24, 2.45) is 7.05 Å². The highest BCUT2D eigenvalue weighted by molar-refractivity contribution is 7.98. The average Bonchev–Trinajstić information content (AvgIpc) is 2.74. The van der Waals surface area contributed by atoms with Gasteiger partial charge in [0.25, 0.3) is 0 Å². The summed E-state index contributed by atoms with van der Waals surface area (Å²) in [4.78, 5) is 0. The smallest absolute Gasteiger partial charge is 0.308 e. The molecule has 0 saturated carbocycles. The van der Waals surface area contributed by atoms with Gasteiger partial charge < -0.3 is 5.41 Å². The predicted molar refractivity (Wildman–Crippen MR) is 77.1 cm³/mol. The van der Waals surface area contributed by atoms with Crippen molar-refractivity contribution in [3.63, 3.8) is 0 Å². The maximum absolute atomic E-state index is 12.8. The Hall–Kier alpha value is -1.47. The second-order valence-corrected chi connectivity index (χ2v) is 5.58. The van der Waals surface area contributed by atoms with Crippen molar-refractivity contribution in [3.05, 3.63) is 46.1 Å². The first-order chi connectivity index (χ1) is 9.84. The lowest BCUT2D eigenvalue weighted by molar-refractivity contribution is -0.141. The van der Waals surface area contributed by atoms with Gasteiger partial charge in [0.1, 0.15) is 5.03 Å². The van der Waals surface area contributed by atoms with Gasteiger partial charge in [0.2, 0.25) is 0 Å². The number of aryl methyl sites for hydroxylation is 1. The van der Waals surface area contributed by atoms with E-state index in [2.05, 4.69) is 5.10 Å². The minimum atomic E-state index is -4.58. The largest absolute Gasteiger partial charge is 0.435 e. The summed E-state index contributed by atoms with van der Waals surface area (Å²) < 4.78 is 39.7. The molecule has 0 saturated heterocycles. The van der Waals surface area contributed by atoms with Crippen LogP contribution in [-0.2, 0) is 19.0 Å². The fourth-order valence-corrected chi connectivity index (χ4v) is 3.16. The van der Waals surface area contributed by atoms with Crippen LogP contribution in [0.5, 0.6) is 0 Å². The van der Waals surface area contributed by atoms with Crippen molar-refractivity contribution >= 4 is 29.6 Å². The molecule has 8 heteroatoms. The topological polar surface area (TPSA) is 41.7 Å². The number of benzene rings is 1. The zero-order chi connectivity index (χ0) is 15.6. The van der Waals surface area contributed by atoms with E-state index in [4.69, 9.17) is 17.0 Å². The second-order valence-electron chi connectivity index (χ2n) is 4.21. The number of halogens is 4. The SMILES string of the molecule is Cn1nc(C(F)(F)F)c(C=N)c1SCc1ccccc1Cl. The molecule has 2 rings (SSSR count). The third-order valence-corrected chi connectivity index (χ3v) is 4.35. The van der Waals surface area contributed by atoms with Crippen LogP contribution in [0.25, 0.3) is 0 Å². The minimum Gasteiger partial charge on any atom is -0.308 e. The number of aromatic nitrogens is 2. The Morgan fingerprint density at radius 3 is 2.62 bits per heavy atom. The first kappa shape index (κ1) is 15.9. The summed E-state index contributed by atoms with van der Waals surface area (Å²) >= 11 is 7.19. The number of nitrogens with one attached hydrogen (secondary N) is 1. The quantitative estimate of drug-likeness (QED) is 0.666. The van der Waals surface area contributed by atoms with Gasteiger partial charge in [0.05, 0.1) is 5.56 Å². The van der Waals surface area contributed by atoms with Gasteiger partial charge in [-0.1, -0.05) is 29.8 Å². The van der Waals surface area contributed by atoms with Crippen molar-refractivity contribution in [1.82, 2.24) is 9.78 Å². The van der Waals surface area contributed by atoms with E-state index in [0.29, 0.717) is 17.0 Å². The standard InChI is InChI=1S/C13H11ClF3N3S/c1-20-12(9(6-18)11(19-20)13(15,16)17)21-7-8-4-2-3-5-10(8)14/h2-6,18H,7H2,1H3. The first-order valence-corrected chi connectivity index (χ1v) is 7.21. The molecule has 0 bridgehead atoms. The Labute approximate surface area is 128 Å². The molecule has 2 aromatic rings. The number of nitrogens with zero attached hydrogens (tertiary/aromatic N) is 2. The molecule has 21 heavy (non-hydrogen) atoms. The zero-order valence-corrected chi connectivity index (χ0v) is 12.5. The summed E-state index contributed by atoms with van der Waals surface area (Å²) in [6.45, 7) is 0. The van der Waals surface area contributed by atoms with Crippen molar-refractivity contribution in [3.8, 4) is 0 Å². The van der Waals surface area contributed by atoms with E-state index in [-0.39, 0.29) is 10.6 Å². The minimum absolute atomic E-state index is 0.220. The van der Waals surface area contributed by atoms with Gasteiger partial charge in [-0.2, -0.15) is 18.3 Å². The number of alkyl halides is 3. The van der Waals surface area contributed by atoms with Crippen LogP contribution >= 0.6 is 23.4 Å². The van der Waals surface area contributed by atoms with Crippen LogP contribution in [0.15, 0.2) is 29.3 Å². The highest BCUT2D eigenvalue weighted by atomic mass is 35.5. The summed E-state index contributed by atoms with van der Waals surface area (Å²) in [6.07, 6.45) is -3.89. The van der Waals surface area contributed by atoms with E-state index in [0.717, 1.165) is 10.2 Å². The summed E-state index contributed by atoms with van der Waals surface area (Å²) in [6, 6.07) is 7.12. The normalized spacial score (nSPS) is 11.7. The summed E-state index contributed by atoms with van der Waals surface area (Å²) in [7, 11) is 1.43. The van der Waals surface area contributed by atoms with Gasteiger partial charge in [0, 0.05) is 24.0 Å². The van der Waals surface area contributed by atoms with Crippen molar-refractivity contribution < 1.29 is 13.2 Å². The highest BCUT2D eigenvalue weighted by Crippen LogP contribution is 2.36. The molecular weight excluding hydrogens is 323 g/mol. The van der Waals surface area contributed by atoms with Crippen LogP contribution in [0.2, 0.25) is 5.02 Å². The summed E-state index contributed by atoms with van der Waals surface area (Å²) in [5.74, 6) is 0.400. The van der Waals surface area contributed by atoms with E-state index >= 15 is 0 Å². The Bertz CT molecular complexity index is 667. The fourth-order valence-electron chi connectivity index (χ4n) is 1.80. The van der Waals surface area contributed by atoms with Crippen LogP contribution in [0.3, 0.4) is 0 Å². The lowest BCUT2D eigenvalue weighted by atomic mass is 10.2. The molecule has 0 unspecified atom stereocenters. The van der Waals surface area contributed by atoms with E-state index in [1.807, 2.05) is 6.07 Å². The van der Waals surface area contributed by atoms with Crippen LogP contribution < -0.4 is 0 Å². The van der Waals surface area contributed by atoms with Gasteiger partial charge in [-0.3, -0.25) is 4.68 Å². The molecule has 1 aromatic carbocycles. The second kappa shape index (κ2) is 6.11. The van der Waals surface area contributed by atoms with Crippen LogP contribution in [0.1, 0.15) is 16.8 Å². The maximum Gasteiger partial charge on any atom is 0.435 e. The van der Waals surface area contributed by atoms with Crippen LogP contribution in [-0.4, -0.2) is 16.0 Å². The van der Waals surface area contributed by atoms with Crippen molar-refractivity contribution in [2.45, 2.75) is 17.0 Å². The Balaban J connectivity index is 2.31. The molecule has 0 atom stereocenters. The third kappa shape index (κ3) is 3.41. The highest BCUT2D eigenvalue weighted by Gasteiger charge is 2.38. The van der Waals surface area contributed by atoms with Crippen molar-refractivity contribution in [2.75, 3.05) is 0 Å². The fraction of sp³-hybridized carbons (Fsp3) is 0.231. The number of hydrogen-bond acceptors (Lipinski definition) is 3. The van der Waals surface area contributed by atoms with E-state index in [1.54, 1.807) is 18.2 Å². The lowest BCUT2D eigenvalue weighted by Gasteiger charge is -2.06. The molecule has 0 fully saturated rings. The number of hydrogen-bond donors (Lipinski definition) is 1. The van der Waals surface area contributed by atoms with E-state index < -0.39 is 11.9 Å². The molecule has 0 spiro atoms. The Morgan fingerprint density at radius 1 is 1.38 bits per heavy atom. The predicted octanol–water partition coefficient (Wildman–Crippen LogP) is 4.38. The molecule has 0 aliphatic rings. The molecular formula is C13H11ClF3N3S. The molecule has 1 heterocycles. The summed E-state index contributed by atoms with van der Waals surface area (Å²) in [5, 5.41) is 11.5. The van der Waals surface area contributed by atoms with Gasteiger partial charge in [-0.05, 0) is 11.6 Å². The van der Waals surface area contributed by atoms with Gasteiger partial charge >= 0.3 is 6.18 Å². The Kier molecular flexibility index (Phi) is 4.63. The molecule has 112 valence electrons. The Morgan fingerprint density at radius 2 is 2.05 bits per heavy atom. The van der Waals surface area contributed by atoms with Gasteiger partial charge in [0.15, 0.2) is 5.69 Å². The zero-order valence-electron chi connectivity index (χ0n) is 10.9. The molecule has 1 aromatic heterocycles. The van der Waals surface area contributed by atoms with E-state index in [9.17, 15) is 13.2 Å². The molecule has 0 aliphatic heterocycles. The van der Waals surface area contributed by atoms with Gasteiger partial charge in [-0.15, -0.1) is 11.8 Å². The molecule has 0 aliphatic carbocycles. The third-order valence-electron chi connectivity index (χ3n) is 2.76. The number of thioether (sulfide) groups is 1. The summed E-state index contributed by atoms with van der Waals surface area (Å²) in [5.41, 5.74) is -0.446. The van der Waals surface area contributed by atoms with E-state index in [1.165, 1.54) is 18.8 Å². The average molecular weight is 334 g/mol.